The van der Waals surface area contributed by atoms with E-state index in [0.29, 0.717) is 32.2 Å². The van der Waals surface area contributed by atoms with Crippen LogP contribution in [0.25, 0.3) is 0 Å². The van der Waals surface area contributed by atoms with Crippen LogP contribution in [-0.2, 0) is 14.4 Å². The molecule has 0 saturated carbocycles. The maximum Gasteiger partial charge on any atom is 0.308 e. The highest BCUT2D eigenvalue weighted by Gasteiger charge is 2.37. The molecule has 0 aromatic rings. The molecule has 132 valence electrons. The molecule has 0 aromatic carbocycles. The summed E-state index contributed by atoms with van der Waals surface area (Å²) in [5.41, 5.74) is 5.54. The van der Waals surface area contributed by atoms with E-state index in [1.807, 2.05) is 20.8 Å². The average molecular weight is 326 g/mol. The fourth-order valence-electron chi connectivity index (χ4n) is 3.41. The van der Waals surface area contributed by atoms with Gasteiger partial charge in [-0.3, -0.25) is 14.4 Å². The van der Waals surface area contributed by atoms with Gasteiger partial charge < -0.3 is 15.7 Å². The Kier molecular flexibility index (Phi) is 7.52. The van der Waals surface area contributed by atoms with Gasteiger partial charge in [0.25, 0.3) is 0 Å². The van der Waals surface area contributed by atoms with Crippen molar-refractivity contribution in [2.75, 3.05) is 13.1 Å². The lowest BCUT2D eigenvalue weighted by Crippen LogP contribution is -2.48. The van der Waals surface area contributed by atoms with Crippen LogP contribution in [-0.4, -0.2) is 40.9 Å². The minimum Gasteiger partial charge on any atom is -0.481 e. The average Bonchev–Trinajstić information content (AvgIpc) is 2.49. The number of hydrogen-bond acceptors (Lipinski definition) is 3. The molecule has 0 radical (unpaired) electrons. The lowest BCUT2D eigenvalue weighted by atomic mass is 9.80. The first-order chi connectivity index (χ1) is 10.8. The molecule has 0 aliphatic carbocycles. The normalized spacial score (nSPS) is 21.0. The molecule has 3 unspecified atom stereocenters. The SMILES string of the molecule is CCCC(C(N)=O)C(CC(C)C)C(=O)N1CCCC(C(=O)O)C1. The van der Waals surface area contributed by atoms with Crippen LogP contribution in [0.1, 0.15) is 52.9 Å². The third kappa shape index (κ3) is 5.52. The second kappa shape index (κ2) is 8.89. The number of piperidine rings is 1. The summed E-state index contributed by atoms with van der Waals surface area (Å²) in [6.45, 7) is 6.80. The second-order valence-electron chi connectivity index (χ2n) is 7.00. The van der Waals surface area contributed by atoms with Gasteiger partial charge in [0.15, 0.2) is 0 Å². The predicted octanol–water partition coefficient (Wildman–Crippen LogP) is 1.87. The molecule has 6 nitrogen and oxygen atoms in total. The smallest absolute Gasteiger partial charge is 0.308 e. The summed E-state index contributed by atoms with van der Waals surface area (Å²) in [5.74, 6) is -2.56. The quantitative estimate of drug-likeness (QED) is 0.711. The number of primary amides is 1. The highest BCUT2D eigenvalue weighted by molar-refractivity contribution is 5.87. The summed E-state index contributed by atoms with van der Waals surface area (Å²) in [7, 11) is 0. The fraction of sp³-hybridized carbons (Fsp3) is 0.824. The number of carboxylic acid groups (broad SMARTS) is 1. The third-order valence-electron chi connectivity index (χ3n) is 4.58. The van der Waals surface area contributed by atoms with E-state index in [1.54, 1.807) is 4.90 Å². The highest BCUT2D eigenvalue weighted by atomic mass is 16.4. The van der Waals surface area contributed by atoms with E-state index in [9.17, 15) is 19.5 Å². The van der Waals surface area contributed by atoms with Crippen molar-refractivity contribution in [1.29, 1.82) is 0 Å². The summed E-state index contributed by atoms with van der Waals surface area (Å²) < 4.78 is 0. The van der Waals surface area contributed by atoms with Gasteiger partial charge in [-0.15, -0.1) is 0 Å². The van der Waals surface area contributed by atoms with Gasteiger partial charge in [-0.2, -0.15) is 0 Å². The molecule has 1 saturated heterocycles. The molecule has 0 spiro atoms. The number of carboxylic acids is 1. The van der Waals surface area contributed by atoms with Crippen molar-refractivity contribution < 1.29 is 19.5 Å². The van der Waals surface area contributed by atoms with E-state index >= 15 is 0 Å². The summed E-state index contributed by atoms with van der Waals surface area (Å²) in [6.07, 6.45) is 3.26. The van der Waals surface area contributed by atoms with Gasteiger partial charge in [-0.25, -0.2) is 0 Å². The zero-order chi connectivity index (χ0) is 17.6. The summed E-state index contributed by atoms with van der Waals surface area (Å²) in [4.78, 5) is 37.6. The van der Waals surface area contributed by atoms with Crippen molar-refractivity contribution in [2.24, 2.45) is 29.4 Å². The number of aliphatic carboxylic acids is 1. The Morgan fingerprint density at radius 3 is 2.39 bits per heavy atom. The molecule has 0 bridgehead atoms. The zero-order valence-electron chi connectivity index (χ0n) is 14.5. The maximum absolute atomic E-state index is 12.9. The number of nitrogens with two attached hydrogens (primary N) is 1. The van der Waals surface area contributed by atoms with Crippen molar-refractivity contribution in [3.63, 3.8) is 0 Å². The van der Waals surface area contributed by atoms with Gasteiger partial charge in [0, 0.05) is 24.9 Å². The standard InChI is InChI=1S/C17H30N2O4/c1-4-6-13(15(18)20)14(9-11(2)3)16(21)19-8-5-7-12(10-19)17(22)23/h11-14H,4-10H2,1-3H3,(H2,18,20)(H,22,23). The number of amides is 2. The second-order valence-corrected chi connectivity index (χ2v) is 7.00. The summed E-state index contributed by atoms with van der Waals surface area (Å²) >= 11 is 0. The van der Waals surface area contributed by atoms with E-state index in [-0.39, 0.29) is 18.4 Å². The van der Waals surface area contributed by atoms with Crippen molar-refractivity contribution in [2.45, 2.75) is 52.9 Å². The number of carbonyl (C=O) groups excluding carboxylic acids is 2. The molecule has 1 heterocycles. The van der Waals surface area contributed by atoms with Crippen molar-refractivity contribution in [3.8, 4) is 0 Å². The molecule has 23 heavy (non-hydrogen) atoms. The van der Waals surface area contributed by atoms with Gasteiger partial charge >= 0.3 is 5.97 Å². The van der Waals surface area contributed by atoms with Crippen LogP contribution < -0.4 is 5.73 Å². The maximum atomic E-state index is 12.9. The van der Waals surface area contributed by atoms with Gasteiger partial charge in [0.05, 0.1) is 5.92 Å². The van der Waals surface area contributed by atoms with E-state index < -0.39 is 29.6 Å². The molecule has 0 aromatic heterocycles. The van der Waals surface area contributed by atoms with Crippen molar-refractivity contribution in [1.82, 2.24) is 4.90 Å². The van der Waals surface area contributed by atoms with E-state index in [1.165, 1.54) is 0 Å². The molecular weight excluding hydrogens is 296 g/mol. The van der Waals surface area contributed by atoms with Crippen LogP contribution in [0.15, 0.2) is 0 Å². The lowest BCUT2D eigenvalue weighted by molar-refractivity contribution is -0.149. The van der Waals surface area contributed by atoms with Crippen LogP contribution in [0, 0.1) is 23.7 Å². The fourth-order valence-corrected chi connectivity index (χ4v) is 3.41. The van der Waals surface area contributed by atoms with Crippen molar-refractivity contribution >= 4 is 17.8 Å². The van der Waals surface area contributed by atoms with Gasteiger partial charge in [0.1, 0.15) is 0 Å². The van der Waals surface area contributed by atoms with Crippen LogP contribution in [0.5, 0.6) is 0 Å². The van der Waals surface area contributed by atoms with Gasteiger partial charge in [-0.1, -0.05) is 27.2 Å². The van der Waals surface area contributed by atoms with E-state index in [2.05, 4.69) is 0 Å². The molecule has 1 fully saturated rings. The Morgan fingerprint density at radius 2 is 1.91 bits per heavy atom. The highest BCUT2D eigenvalue weighted by Crippen LogP contribution is 2.29. The van der Waals surface area contributed by atoms with E-state index in [4.69, 9.17) is 5.73 Å². The first-order valence-electron chi connectivity index (χ1n) is 8.58. The zero-order valence-corrected chi connectivity index (χ0v) is 14.5. The first kappa shape index (κ1) is 19.5. The Bertz CT molecular complexity index is 436. The van der Waals surface area contributed by atoms with Crippen LogP contribution in [0.2, 0.25) is 0 Å². The molecule has 2 amide bonds. The minimum atomic E-state index is -0.858. The van der Waals surface area contributed by atoms with Crippen LogP contribution >= 0.6 is 0 Å². The molecular formula is C17H30N2O4. The topological polar surface area (TPSA) is 101 Å². The van der Waals surface area contributed by atoms with Crippen LogP contribution in [0.4, 0.5) is 0 Å². The molecule has 1 rings (SSSR count). The van der Waals surface area contributed by atoms with E-state index in [0.717, 1.165) is 6.42 Å². The number of nitrogens with zero attached hydrogens (tertiary/aromatic N) is 1. The number of carbonyl (C=O) groups is 3. The monoisotopic (exact) mass is 326 g/mol. The Morgan fingerprint density at radius 1 is 1.26 bits per heavy atom. The minimum absolute atomic E-state index is 0.109. The summed E-state index contributed by atoms with van der Waals surface area (Å²) in [5, 5.41) is 9.19. The Labute approximate surface area is 138 Å². The lowest BCUT2D eigenvalue weighted by Gasteiger charge is -2.35. The molecule has 1 aliphatic rings. The number of hydrogen-bond donors (Lipinski definition) is 2. The largest absolute Gasteiger partial charge is 0.481 e. The van der Waals surface area contributed by atoms with Gasteiger partial charge in [-0.05, 0) is 31.6 Å². The molecule has 6 heteroatoms. The molecule has 1 aliphatic heterocycles. The predicted molar refractivity (Wildman–Crippen MR) is 87.5 cm³/mol. The number of rotatable bonds is 8. The summed E-state index contributed by atoms with van der Waals surface area (Å²) in [6, 6.07) is 0. The Balaban J connectivity index is 2.93. The molecule has 3 N–H and O–H groups in total. The van der Waals surface area contributed by atoms with Gasteiger partial charge in [0.2, 0.25) is 11.8 Å². The number of likely N-dealkylation sites (tertiary alicyclic amines) is 1. The van der Waals surface area contributed by atoms with Crippen molar-refractivity contribution in [3.05, 3.63) is 0 Å². The van der Waals surface area contributed by atoms with Crippen LogP contribution in [0.3, 0.4) is 0 Å². The Hall–Kier alpha value is -1.59. The molecule has 3 atom stereocenters. The third-order valence-corrected chi connectivity index (χ3v) is 4.58. The first-order valence-corrected chi connectivity index (χ1v) is 8.58.